The van der Waals surface area contributed by atoms with Crippen molar-refractivity contribution in [3.63, 3.8) is 0 Å². The zero-order chi connectivity index (χ0) is 5.11. The lowest BCUT2D eigenvalue weighted by molar-refractivity contribution is 0.998. The van der Waals surface area contributed by atoms with Crippen molar-refractivity contribution in [1.29, 1.82) is 0 Å². The summed E-state index contributed by atoms with van der Waals surface area (Å²) in [6.45, 7) is 0.801. The Morgan fingerprint density at radius 2 is 2.71 bits per heavy atom. The van der Waals surface area contributed by atoms with E-state index in [1.54, 1.807) is 6.34 Å². The molecule has 38 valence electrons. The number of nitrogens with zero attached hydrogens (tertiary/aromatic N) is 1. The number of hydrogen-bond acceptors (Lipinski definition) is 3. The molecule has 0 aromatic rings. The van der Waals surface area contributed by atoms with Gasteiger partial charge in [-0.1, -0.05) is 0 Å². The molecule has 1 heterocycles. The first-order valence-electron chi connectivity index (χ1n) is 2.11. The van der Waals surface area contributed by atoms with Crippen LogP contribution in [0.25, 0.3) is 0 Å². The topological polar surface area (TPSA) is 50.4 Å². The second-order valence-electron chi connectivity index (χ2n) is 1.30. The van der Waals surface area contributed by atoms with Crippen molar-refractivity contribution in [2.75, 3.05) is 6.54 Å². The number of aliphatic imine (C=N–C) groups is 1. The van der Waals surface area contributed by atoms with Crippen LogP contribution in [0.1, 0.15) is 0 Å². The smallest absolute Gasteiger partial charge is 0.122 e. The van der Waals surface area contributed by atoms with Crippen molar-refractivity contribution in [2.24, 2.45) is 10.7 Å². The van der Waals surface area contributed by atoms with Crippen molar-refractivity contribution in [3.8, 4) is 0 Å². The summed E-state index contributed by atoms with van der Waals surface area (Å²) in [5, 5.41) is 2.87. The van der Waals surface area contributed by atoms with E-state index in [4.69, 9.17) is 5.73 Å². The van der Waals surface area contributed by atoms with Gasteiger partial charge in [0.05, 0.1) is 6.34 Å². The predicted octanol–water partition coefficient (Wildman–Crippen LogP) is -0.582. The number of hydrogen-bond donors (Lipinski definition) is 2. The van der Waals surface area contributed by atoms with Crippen molar-refractivity contribution in [1.82, 2.24) is 5.32 Å². The van der Waals surface area contributed by atoms with Gasteiger partial charge < -0.3 is 11.1 Å². The fraction of sp³-hybridized carbons (Fsp3) is 0.250. The first kappa shape index (κ1) is 4.18. The molecule has 0 saturated heterocycles. The Morgan fingerprint density at radius 1 is 1.86 bits per heavy atom. The molecule has 0 fully saturated rings. The molecule has 0 aliphatic carbocycles. The monoisotopic (exact) mass is 97.1 g/mol. The lowest BCUT2D eigenvalue weighted by Crippen LogP contribution is -2.17. The van der Waals surface area contributed by atoms with Gasteiger partial charge in [0.25, 0.3) is 0 Å². The normalized spacial score (nSPS) is 18.0. The van der Waals surface area contributed by atoms with E-state index in [9.17, 15) is 0 Å². The molecule has 0 saturated carbocycles. The van der Waals surface area contributed by atoms with Crippen LogP contribution in [0.15, 0.2) is 16.9 Å². The summed E-state index contributed by atoms with van der Waals surface area (Å²) in [6, 6.07) is 0. The first-order valence-corrected chi connectivity index (χ1v) is 2.11. The van der Waals surface area contributed by atoms with Crippen molar-refractivity contribution in [2.45, 2.75) is 0 Å². The number of rotatable bonds is 0. The van der Waals surface area contributed by atoms with Crippen molar-refractivity contribution >= 4 is 6.34 Å². The van der Waals surface area contributed by atoms with Gasteiger partial charge in [-0.05, 0) is 6.08 Å². The SMILES string of the molecule is NC1=CCNC=N1. The zero-order valence-electron chi connectivity index (χ0n) is 3.89. The summed E-state index contributed by atoms with van der Waals surface area (Å²) in [7, 11) is 0. The molecule has 0 radical (unpaired) electrons. The Labute approximate surface area is 41.9 Å². The maximum Gasteiger partial charge on any atom is 0.122 e. The summed E-state index contributed by atoms with van der Waals surface area (Å²) in [4.78, 5) is 3.73. The van der Waals surface area contributed by atoms with E-state index >= 15 is 0 Å². The summed E-state index contributed by atoms with van der Waals surface area (Å²) in [5.74, 6) is 0.596. The molecule has 7 heavy (non-hydrogen) atoms. The van der Waals surface area contributed by atoms with Crippen LogP contribution in [0.2, 0.25) is 0 Å². The average molecular weight is 97.1 g/mol. The van der Waals surface area contributed by atoms with Crippen molar-refractivity contribution < 1.29 is 0 Å². The highest BCUT2D eigenvalue weighted by molar-refractivity contribution is 5.57. The fourth-order valence-corrected chi connectivity index (χ4v) is 0.389. The molecule has 0 aromatic carbocycles. The van der Waals surface area contributed by atoms with Crippen LogP contribution in [0.5, 0.6) is 0 Å². The van der Waals surface area contributed by atoms with Crippen LogP contribution in [-0.2, 0) is 0 Å². The maximum absolute atomic E-state index is 5.26. The quantitative estimate of drug-likeness (QED) is 0.425. The first-order chi connectivity index (χ1) is 3.39. The lowest BCUT2D eigenvalue weighted by atomic mass is 10.5. The zero-order valence-corrected chi connectivity index (χ0v) is 3.89. The molecule has 0 atom stereocenters. The van der Waals surface area contributed by atoms with Gasteiger partial charge in [0.1, 0.15) is 5.82 Å². The second kappa shape index (κ2) is 1.64. The fourth-order valence-electron chi connectivity index (χ4n) is 0.389. The van der Waals surface area contributed by atoms with E-state index in [0.29, 0.717) is 5.82 Å². The summed E-state index contributed by atoms with van der Waals surface area (Å²) >= 11 is 0. The van der Waals surface area contributed by atoms with Gasteiger partial charge >= 0.3 is 0 Å². The van der Waals surface area contributed by atoms with E-state index in [1.165, 1.54) is 0 Å². The summed E-state index contributed by atoms with van der Waals surface area (Å²) < 4.78 is 0. The van der Waals surface area contributed by atoms with E-state index < -0.39 is 0 Å². The van der Waals surface area contributed by atoms with Gasteiger partial charge in [-0.25, -0.2) is 4.99 Å². The predicted molar refractivity (Wildman–Crippen MR) is 28.8 cm³/mol. The lowest BCUT2D eigenvalue weighted by Gasteiger charge is -1.99. The molecule has 1 rings (SSSR count). The highest BCUT2D eigenvalue weighted by Crippen LogP contribution is 1.84. The standard InChI is InChI=1S/C4H7N3/c5-4-1-2-6-3-7-4/h1,3H,2,5H2,(H,6,7). The second-order valence-corrected chi connectivity index (χ2v) is 1.30. The van der Waals surface area contributed by atoms with Crippen LogP contribution in [0.3, 0.4) is 0 Å². The molecular weight excluding hydrogens is 90.1 g/mol. The van der Waals surface area contributed by atoms with Crippen LogP contribution >= 0.6 is 0 Å². The van der Waals surface area contributed by atoms with E-state index in [2.05, 4.69) is 10.3 Å². The molecule has 1 aliphatic heterocycles. The third-order valence-electron chi connectivity index (χ3n) is 0.734. The van der Waals surface area contributed by atoms with Crippen LogP contribution in [0.4, 0.5) is 0 Å². The molecule has 0 bridgehead atoms. The van der Waals surface area contributed by atoms with Gasteiger partial charge in [0, 0.05) is 6.54 Å². The Bertz CT molecular complexity index is 114. The third kappa shape index (κ3) is 0.924. The Balaban J connectivity index is 2.58. The maximum atomic E-state index is 5.26. The Kier molecular flexibility index (Phi) is 0.978. The highest BCUT2D eigenvalue weighted by Gasteiger charge is 1.85. The Morgan fingerprint density at radius 3 is 3.00 bits per heavy atom. The van der Waals surface area contributed by atoms with Crippen LogP contribution in [-0.4, -0.2) is 12.9 Å². The Hall–Kier alpha value is -0.990. The van der Waals surface area contributed by atoms with Gasteiger partial charge in [-0.15, -0.1) is 0 Å². The largest absolute Gasteiger partial charge is 0.384 e. The summed E-state index contributed by atoms with van der Waals surface area (Å²) in [6.07, 6.45) is 3.41. The molecule has 3 nitrogen and oxygen atoms in total. The number of nitrogens with two attached hydrogens (primary N) is 1. The van der Waals surface area contributed by atoms with E-state index in [0.717, 1.165) is 6.54 Å². The molecule has 0 aromatic heterocycles. The van der Waals surface area contributed by atoms with E-state index in [1.807, 2.05) is 6.08 Å². The minimum atomic E-state index is 0.596. The summed E-state index contributed by atoms with van der Waals surface area (Å²) in [5.41, 5.74) is 5.26. The van der Waals surface area contributed by atoms with Crippen LogP contribution in [0, 0.1) is 0 Å². The molecule has 3 heteroatoms. The van der Waals surface area contributed by atoms with Gasteiger partial charge in [0.15, 0.2) is 0 Å². The third-order valence-corrected chi connectivity index (χ3v) is 0.734. The molecule has 0 unspecified atom stereocenters. The molecule has 1 aliphatic rings. The number of nitrogens with one attached hydrogen (secondary N) is 1. The molecular formula is C4H7N3. The molecule has 0 amide bonds. The highest BCUT2D eigenvalue weighted by atomic mass is 15.0. The van der Waals surface area contributed by atoms with Gasteiger partial charge in [-0.3, -0.25) is 0 Å². The van der Waals surface area contributed by atoms with E-state index in [-0.39, 0.29) is 0 Å². The van der Waals surface area contributed by atoms with Crippen molar-refractivity contribution in [3.05, 3.63) is 11.9 Å². The van der Waals surface area contributed by atoms with Gasteiger partial charge in [0.2, 0.25) is 0 Å². The molecule has 0 spiro atoms. The average Bonchev–Trinajstić information content (AvgIpc) is 1.69. The minimum absolute atomic E-state index is 0.596. The molecule has 3 N–H and O–H groups in total. The van der Waals surface area contributed by atoms with Crippen LogP contribution < -0.4 is 11.1 Å². The van der Waals surface area contributed by atoms with Gasteiger partial charge in [-0.2, -0.15) is 0 Å². The minimum Gasteiger partial charge on any atom is -0.384 e.